The normalized spacial score (nSPS) is 11.2. The van der Waals surface area contributed by atoms with Gasteiger partial charge in [0, 0.05) is 17.5 Å². The summed E-state index contributed by atoms with van der Waals surface area (Å²) in [5.41, 5.74) is 3.33. The Morgan fingerprint density at radius 1 is 0.552 bits per heavy atom. The Morgan fingerprint density at radius 3 is 1.93 bits per heavy atom. The van der Waals surface area contributed by atoms with Gasteiger partial charge in [-0.05, 0) is 44.8 Å². The zero-order valence-electron chi connectivity index (χ0n) is 15.8. The average molecular weight is 376 g/mol. The Hall–Kier alpha value is -3.78. The van der Waals surface area contributed by atoms with Crippen molar-refractivity contribution in [1.82, 2.24) is 0 Å². The third kappa shape index (κ3) is 2.99. The van der Waals surface area contributed by atoms with Crippen molar-refractivity contribution in [3.8, 4) is 22.6 Å². The van der Waals surface area contributed by atoms with E-state index in [4.69, 9.17) is 0 Å². The smallest absolute Gasteiger partial charge is 0.127 e. The van der Waals surface area contributed by atoms with E-state index in [9.17, 15) is 10.2 Å². The van der Waals surface area contributed by atoms with Gasteiger partial charge in [0.1, 0.15) is 11.5 Å². The Bertz CT molecular complexity index is 1340. The monoisotopic (exact) mass is 376 g/mol. The van der Waals surface area contributed by atoms with Crippen molar-refractivity contribution in [3.05, 3.63) is 108 Å². The molecule has 0 aliphatic rings. The third-order valence-electron chi connectivity index (χ3n) is 5.50. The van der Waals surface area contributed by atoms with E-state index in [0.29, 0.717) is 17.5 Å². The van der Waals surface area contributed by atoms with Gasteiger partial charge in [0.25, 0.3) is 0 Å². The number of hydrogen-bond acceptors (Lipinski definition) is 2. The fraction of sp³-hybridized carbons (Fsp3) is 0.0370. The maximum absolute atomic E-state index is 11.4. The van der Waals surface area contributed by atoms with E-state index in [0.717, 1.165) is 32.7 Å². The lowest BCUT2D eigenvalue weighted by Gasteiger charge is -2.17. The van der Waals surface area contributed by atoms with Crippen LogP contribution in [0.1, 0.15) is 11.1 Å². The number of aromatic hydroxyl groups is 2. The van der Waals surface area contributed by atoms with Crippen LogP contribution in [-0.2, 0) is 6.42 Å². The van der Waals surface area contributed by atoms with Crippen molar-refractivity contribution in [2.45, 2.75) is 6.42 Å². The van der Waals surface area contributed by atoms with Gasteiger partial charge in [-0.15, -0.1) is 0 Å². The summed E-state index contributed by atoms with van der Waals surface area (Å²) >= 11 is 0. The molecule has 140 valence electrons. The summed E-state index contributed by atoms with van der Waals surface area (Å²) in [5, 5.41) is 26.1. The fourth-order valence-corrected chi connectivity index (χ4v) is 4.12. The summed E-state index contributed by atoms with van der Waals surface area (Å²) in [6.07, 6.45) is 0.621. The lowest BCUT2D eigenvalue weighted by Crippen LogP contribution is -1.94. The van der Waals surface area contributed by atoms with Crippen molar-refractivity contribution in [1.29, 1.82) is 0 Å². The second-order valence-electron chi connectivity index (χ2n) is 7.32. The predicted octanol–water partition coefficient (Wildman–Crippen LogP) is 6.66. The molecule has 0 aliphatic carbocycles. The standard InChI is InChI=1S/C27H20O2/c28-24-15-14-19-10-4-6-12-22(19)25(24)26-23-13-7-5-11-20(23)17-21(27(26)29)16-18-8-2-1-3-9-18/h1-15,17,28-29H,16H2. The number of phenols is 2. The van der Waals surface area contributed by atoms with Crippen LogP contribution in [0.4, 0.5) is 0 Å². The van der Waals surface area contributed by atoms with Crippen LogP contribution in [0.5, 0.6) is 11.5 Å². The molecule has 29 heavy (non-hydrogen) atoms. The van der Waals surface area contributed by atoms with Gasteiger partial charge in [0.05, 0.1) is 0 Å². The molecule has 2 heteroatoms. The van der Waals surface area contributed by atoms with Gasteiger partial charge in [-0.1, -0.05) is 84.9 Å². The fourth-order valence-electron chi connectivity index (χ4n) is 4.12. The highest BCUT2D eigenvalue weighted by Gasteiger charge is 2.19. The van der Waals surface area contributed by atoms with Gasteiger partial charge in [-0.25, -0.2) is 0 Å². The van der Waals surface area contributed by atoms with Crippen molar-refractivity contribution in [2.75, 3.05) is 0 Å². The molecule has 0 fully saturated rings. The minimum Gasteiger partial charge on any atom is -0.507 e. The van der Waals surface area contributed by atoms with E-state index in [1.165, 1.54) is 0 Å². The SMILES string of the molecule is Oc1ccc2ccccc2c1-c1c(O)c(Cc2ccccc2)cc2ccccc12. The van der Waals surface area contributed by atoms with Crippen LogP contribution in [0.3, 0.4) is 0 Å². The number of phenolic OH excluding ortho intramolecular Hbond substituents is 2. The molecule has 0 atom stereocenters. The second-order valence-corrected chi connectivity index (χ2v) is 7.32. The summed E-state index contributed by atoms with van der Waals surface area (Å²) in [7, 11) is 0. The molecule has 0 radical (unpaired) electrons. The van der Waals surface area contributed by atoms with Gasteiger partial charge in [-0.2, -0.15) is 0 Å². The molecule has 0 saturated heterocycles. The largest absolute Gasteiger partial charge is 0.507 e. The van der Waals surface area contributed by atoms with Gasteiger partial charge >= 0.3 is 0 Å². The lowest BCUT2D eigenvalue weighted by atomic mass is 9.89. The van der Waals surface area contributed by atoms with Crippen LogP contribution in [0.2, 0.25) is 0 Å². The molecule has 5 aromatic rings. The quantitative estimate of drug-likeness (QED) is 0.369. The summed E-state index contributed by atoms with van der Waals surface area (Å²) in [6, 6.07) is 31.7. The van der Waals surface area contributed by atoms with Crippen molar-refractivity contribution in [3.63, 3.8) is 0 Å². The highest BCUT2D eigenvalue weighted by atomic mass is 16.3. The molecule has 0 bridgehead atoms. The number of rotatable bonds is 3. The highest BCUT2D eigenvalue weighted by molar-refractivity contribution is 6.10. The number of hydrogen-bond donors (Lipinski definition) is 2. The maximum Gasteiger partial charge on any atom is 0.127 e. The molecule has 0 aliphatic heterocycles. The van der Waals surface area contributed by atoms with Crippen molar-refractivity contribution < 1.29 is 10.2 Å². The summed E-state index contributed by atoms with van der Waals surface area (Å²) in [6.45, 7) is 0. The van der Waals surface area contributed by atoms with E-state index in [1.54, 1.807) is 6.07 Å². The Balaban J connectivity index is 1.85. The van der Waals surface area contributed by atoms with Gasteiger partial charge in [0.15, 0.2) is 0 Å². The van der Waals surface area contributed by atoms with Crippen molar-refractivity contribution >= 4 is 21.5 Å². The molecule has 0 aromatic heterocycles. The first-order valence-corrected chi connectivity index (χ1v) is 9.71. The van der Waals surface area contributed by atoms with Crippen LogP contribution in [0, 0.1) is 0 Å². The molecule has 0 amide bonds. The minimum absolute atomic E-state index is 0.168. The number of fused-ring (bicyclic) bond motifs is 2. The van der Waals surface area contributed by atoms with E-state index in [-0.39, 0.29) is 11.5 Å². The highest BCUT2D eigenvalue weighted by Crippen LogP contribution is 2.46. The first kappa shape index (κ1) is 17.3. The van der Waals surface area contributed by atoms with Gasteiger partial charge in [0.2, 0.25) is 0 Å². The van der Waals surface area contributed by atoms with Gasteiger partial charge in [-0.3, -0.25) is 0 Å². The molecule has 0 spiro atoms. The minimum atomic E-state index is 0.168. The molecule has 2 nitrogen and oxygen atoms in total. The van der Waals surface area contributed by atoms with Crippen LogP contribution in [-0.4, -0.2) is 10.2 Å². The number of benzene rings is 5. The van der Waals surface area contributed by atoms with E-state index < -0.39 is 0 Å². The molecule has 0 heterocycles. The summed E-state index contributed by atoms with van der Waals surface area (Å²) in [4.78, 5) is 0. The predicted molar refractivity (Wildman–Crippen MR) is 119 cm³/mol. The molecule has 0 unspecified atom stereocenters. The first-order chi connectivity index (χ1) is 14.2. The lowest BCUT2D eigenvalue weighted by molar-refractivity contribution is 0.467. The Kier molecular flexibility index (Phi) is 4.18. The summed E-state index contributed by atoms with van der Waals surface area (Å²) in [5.74, 6) is 0.389. The zero-order valence-corrected chi connectivity index (χ0v) is 15.8. The second kappa shape index (κ2) is 6.99. The first-order valence-electron chi connectivity index (χ1n) is 9.71. The topological polar surface area (TPSA) is 40.5 Å². The van der Waals surface area contributed by atoms with Crippen molar-refractivity contribution in [2.24, 2.45) is 0 Å². The van der Waals surface area contributed by atoms with Crippen LogP contribution in [0.25, 0.3) is 32.7 Å². The molecule has 2 N–H and O–H groups in total. The van der Waals surface area contributed by atoms with Crippen LogP contribution < -0.4 is 0 Å². The van der Waals surface area contributed by atoms with Gasteiger partial charge < -0.3 is 10.2 Å². The molecular weight excluding hydrogens is 356 g/mol. The average Bonchev–Trinajstić information content (AvgIpc) is 2.76. The molecular formula is C27H20O2. The molecule has 5 aromatic carbocycles. The van der Waals surface area contributed by atoms with Crippen LogP contribution in [0.15, 0.2) is 97.1 Å². The van der Waals surface area contributed by atoms with E-state index in [1.807, 2.05) is 72.8 Å². The third-order valence-corrected chi connectivity index (χ3v) is 5.50. The Labute approximate surface area is 169 Å². The van der Waals surface area contributed by atoms with E-state index >= 15 is 0 Å². The maximum atomic E-state index is 11.4. The summed E-state index contributed by atoms with van der Waals surface area (Å²) < 4.78 is 0. The van der Waals surface area contributed by atoms with E-state index in [2.05, 4.69) is 18.2 Å². The molecule has 5 rings (SSSR count). The molecule has 0 saturated carbocycles. The van der Waals surface area contributed by atoms with Crippen LogP contribution >= 0.6 is 0 Å². The zero-order chi connectivity index (χ0) is 19.8. The Morgan fingerprint density at radius 2 is 1.17 bits per heavy atom.